The molecule has 0 aromatic heterocycles. The van der Waals surface area contributed by atoms with Gasteiger partial charge < -0.3 is 10.1 Å². The minimum atomic E-state index is -4.36. The molecule has 3 rings (SSSR count). The number of aryl methyl sites for hydroxylation is 1. The van der Waals surface area contributed by atoms with Crippen LogP contribution in [0.1, 0.15) is 46.8 Å². The van der Waals surface area contributed by atoms with Gasteiger partial charge >= 0.3 is 0 Å². The second-order valence-corrected chi connectivity index (χ2v) is 9.35. The van der Waals surface area contributed by atoms with E-state index in [0.717, 1.165) is 43.8 Å². The molecule has 7 nitrogen and oxygen atoms in total. The summed E-state index contributed by atoms with van der Waals surface area (Å²) in [6, 6.07) is 10.6. The Morgan fingerprint density at radius 3 is 2.55 bits per heavy atom. The number of carbonyl (C=O) groups is 1. The number of rotatable bonds is 7. The van der Waals surface area contributed by atoms with Gasteiger partial charge in [-0.2, -0.15) is 8.42 Å². The topological polar surface area (TPSA) is 95.9 Å². The molecule has 2 aromatic carbocycles. The molecule has 1 amide bonds. The predicted octanol–water partition coefficient (Wildman–Crippen LogP) is 3.34. The van der Waals surface area contributed by atoms with Crippen LogP contribution < -0.4 is 10.1 Å². The summed E-state index contributed by atoms with van der Waals surface area (Å²) in [6.45, 7) is 8.72. The van der Waals surface area contributed by atoms with Crippen molar-refractivity contribution in [3.05, 3.63) is 58.7 Å². The molecule has 0 atom stereocenters. The lowest BCUT2D eigenvalue weighted by molar-refractivity contribution is 0.0908. The maximum Gasteiger partial charge on any atom is 0.294 e. The number of amides is 1. The fraction of sp³-hybridized carbons (Fsp3) is 0.435. The van der Waals surface area contributed by atoms with E-state index in [4.69, 9.17) is 4.74 Å². The first-order chi connectivity index (χ1) is 14.7. The van der Waals surface area contributed by atoms with Crippen LogP contribution in [0.3, 0.4) is 0 Å². The van der Waals surface area contributed by atoms with Gasteiger partial charge in [0.25, 0.3) is 16.0 Å². The molecular weight excluding hydrogens is 416 g/mol. The number of carbonyl (C=O) groups excluding carboxylic acids is 1. The van der Waals surface area contributed by atoms with Gasteiger partial charge in [-0.1, -0.05) is 18.2 Å². The molecule has 1 heterocycles. The zero-order chi connectivity index (χ0) is 22.6. The van der Waals surface area contributed by atoms with Gasteiger partial charge in [0, 0.05) is 31.2 Å². The zero-order valence-electron chi connectivity index (χ0n) is 18.2. The summed E-state index contributed by atoms with van der Waals surface area (Å²) in [7, 11) is -4.36. The highest BCUT2D eigenvalue weighted by atomic mass is 32.2. The van der Waals surface area contributed by atoms with Crippen LogP contribution in [0.15, 0.2) is 41.3 Å². The Kier molecular flexibility index (Phi) is 7.35. The monoisotopic (exact) mass is 446 g/mol. The molecule has 0 saturated carbocycles. The molecule has 0 radical (unpaired) electrons. The van der Waals surface area contributed by atoms with Crippen molar-refractivity contribution >= 4 is 16.0 Å². The van der Waals surface area contributed by atoms with Gasteiger partial charge in [-0.15, -0.1) is 0 Å². The van der Waals surface area contributed by atoms with Crippen LogP contribution in [0.25, 0.3) is 0 Å². The van der Waals surface area contributed by atoms with Crippen LogP contribution in [-0.4, -0.2) is 49.5 Å². The summed E-state index contributed by atoms with van der Waals surface area (Å²) < 4.78 is 38.0. The van der Waals surface area contributed by atoms with Gasteiger partial charge in [0.2, 0.25) is 0 Å². The molecule has 1 aliphatic rings. The van der Waals surface area contributed by atoms with Crippen molar-refractivity contribution in [2.24, 2.45) is 0 Å². The average molecular weight is 447 g/mol. The second-order valence-electron chi connectivity index (χ2n) is 7.96. The molecule has 0 unspecified atom stereocenters. The van der Waals surface area contributed by atoms with Crippen LogP contribution in [0.4, 0.5) is 0 Å². The van der Waals surface area contributed by atoms with E-state index in [2.05, 4.69) is 28.4 Å². The number of nitrogens with one attached hydrogen (secondary N) is 1. The lowest BCUT2D eigenvalue weighted by Gasteiger charge is -2.32. The fourth-order valence-corrected chi connectivity index (χ4v) is 4.70. The van der Waals surface area contributed by atoms with E-state index >= 15 is 0 Å². The highest BCUT2D eigenvalue weighted by Crippen LogP contribution is 2.23. The Morgan fingerprint density at radius 1 is 1.19 bits per heavy atom. The molecule has 31 heavy (non-hydrogen) atoms. The van der Waals surface area contributed by atoms with E-state index in [-0.39, 0.29) is 28.0 Å². The Hall–Kier alpha value is -2.42. The first-order valence-electron chi connectivity index (χ1n) is 10.5. The van der Waals surface area contributed by atoms with Crippen molar-refractivity contribution in [1.29, 1.82) is 0 Å². The van der Waals surface area contributed by atoms with Crippen molar-refractivity contribution in [2.75, 3.05) is 19.7 Å². The molecular formula is C23H30N2O5S. The minimum Gasteiger partial charge on any atom is -0.494 e. The number of likely N-dealkylation sites (tertiary alicyclic amines) is 1. The van der Waals surface area contributed by atoms with Crippen LogP contribution in [0.5, 0.6) is 5.75 Å². The molecule has 0 aliphatic carbocycles. The van der Waals surface area contributed by atoms with Crippen molar-refractivity contribution < 1.29 is 22.5 Å². The standard InChI is InChI=1S/C23H30N2O5S/c1-4-30-21-14-18(9-8-16(21)2)15-25-12-10-19(11-13-25)24-23(26)20-6-5-7-22(17(20)3)31(27,28)29/h5-9,14,19H,4,10-13,15H2,1-3H3,(H,24,26)(H,27,28,29). The van der Waals surface area contributed by atoms with E-state index in [1.165, 1.54) is 24.6 Å². The van der Waals surface area contributed by atoms with Gasteiger partial charge in [-0.05, 0) is 68.5 Å². The van der Waals surface area contributed by atoms with Crippen LogP contribution in [0, 0.1) is 13.8 Å². The van der Waals surface area contributed by atoms with E-state index in [9.17, 15) is 17.8 Å². The van der Waals surface area contributed by atoms with Crippen molar-refractivity contribution in [3.8, 4) is 5.75 Å². The van der Waals surface area contributed by atoms with E-state index in [1.807, 2.05) is 13.8 Å². The maximum absolute atomic E-state index is 12.7. The third-order valence-electron chi connectivity index (χ3n) is 5.69. The molecule has 2 N–H and O–H groups in total. The average Bonchev–Trinajstić information content (AvgIpc) is 2.71. The Morgan fingerprint density at radius 2 is 1.90 bits per heavy atom. The molecule has 0 bridgehead atoms. The summed E-state index contributed by atoms with van der Waals surface area (Å²) >= 11 is 0. The first-order valence-corrected chi connectivity index (χ1v) is 12.0. The van der Waals surface area contributed by atoms with Gasteiger partial charge in [0.1, 0.15) is 5.75 Å². The highest BCUT2D eigenvalue weighted by molar-refractivity contribution is 7.85. The third kappa shape index (κ3) is 5.84. The highest BCUT2D eigenvalue weighted by Gasteiger charge is 2.24. The van der Waals surface area contributed by atoms with E-state index in [0.29, 0.717) is 6.61 Å². The maximum atomic E-state index is 12.7. The smallest absolute Gasteiger partial charge is 0.294 e. The van der Waals surface area contributed by atoms with Crippen molar-refractivity contribution in [1.82, 2.24) is 10.2 Å². The van der Waals surface area contributed by atoms with Gasteiger partial charge in [0.05, 0.1) is 11.5 Å². The minimum absolute atomic E-state index is 0.0227. The van der Waals surface area contributed by atoms with Crippen LogP contribution >= 0.6 is 0 Å². The molecule has 8 heteroatoms. The van der Waals surface area contributed by atoms with Crippen molar-refractivity contribution in [2.45, 2.75) is 51.1 Å². The third-order valence-corrected chi connectivity index (χ3v) is 6.69. The number of hydrogen-bond donors (Lipinski definition) is 2. The SMILES string of the molecule is CCOc1cc(CN2CCC(NC(=O)c3cccc(S(=O)(=O)O)c3C)CC2)ccc1C. The molecule has 0 spiro atoms. The second kappa shape index (κ2) is 9.80. The summed E-state index contributed by atoms with van der Waals surface area (Å²) in [6.07, 6.45) is 1.62. The van der Waals surface area contributed by atoms with Gasteiger partial charge in [0.15, 0.2) is 0 Å². The molecule has 168 valence electrons. The zero-order valence-corrected chi connectivity index (χ0v) is 19.0. The lowest BCUT2D eigenvalue weighted by Crippen LogP contribution is -2.44. The molecule has 1 fully saturated rings. The van der Waals surface area contributed by atoms with Crippen LogP contribution in [-0.2, 0) is 16.7 Å². The number of ether oxygens (including phenoxy) is 1. The van der Waals surface area contributed by atoms with Gasteiger partial charge in [-0.3, -0.25) is 14.2 Å². The molecule has 1 aliphatic heterocycles. The summed E-state index contributed by atoms with van der Waals surface area (Å²) in [5.41, 5.74) is 2.85. The summed E-state index contributed by atoms with van der Waals surface area (Å²) in [5, 5.41) is 3.01. The normalized spacial score (nSPS) is 15.6. The molecule has 2 aromatic rings. The largest absolute Gasteiger partial charge is 0.494 e. The number of piperidine rings is 1. The van der Waals surface area contributed by atoms with E-state index in [1.54, 1.807) is 6.07 Å². The quantitative estimate of drug-likeness (QED) is 0.634. The number of nitrogens with zero attached hydrogens (tertiary/aromatic N) is 1. The number of hydrogen-bond acceptors (Lipinski definition) is 5. The Bertz CT molecular complexity index is 1040. The van der Waals surface area contributed by atoms with Gasteiger partial charge in [-0.25, -0.2) is 0 Å². The fourth-order valence-electron chi connectivity index (χ4n) is 3.95. The predicted molar refractivity (Wildman–Crippen MR) is 119 cm³/mol. The number of benzene rings is 2. The summed E-state index contributed by atoms with van der Waals surface area (Å²) in [5.74, 6) is 0.603. The Labute approximate surface area is 184 Å². The Balaban J connectivity index is 1.57. The first kappa shape index (κ1) is 23.2. The summed E-state index contributed by atoms with van der Waals surface area (Å²) in [4.78, 5) is 14.8. The molecule has 1 saturated heterocycles. The van der Waals surface area contributed by atoms with Crippen LogP contribution in [0.2, 0.25) is 0 Å². The lowest BCUT2D eigenvalue weighted by atomic mass is 10.0. The van der Waals surface area contributed by atoms with Crippen molar-refractivity contribution in [3.63, 3.8) is 0 Å². The van der Waals surface area contributed by atoms with E-state index < -0.39 is 10.1 Å².